The van der Waals surface area contributed by atoms with Crippen molar-refractivity contribution in [2.75, 3.05) is 26.7 Å². The van der Waals surface area contributed by atoms with Crippen LogP contribution in [0.1, 0.15) is 37.8 Å². The lowest BCUT2D eigenvalue weighted by Gasteiger charge is -2.33. The van der Waals surface area contributed by atoms with Crippen molar-refractivity contribution >= 4 is 11.9 Å². The number of piperidine rings is 1. The molecule has 2 aliphatic rings. The molecule has 0 radical (unpaired) electrons. The highest BCUT2D eigenvalue weighted by Crippen LogP contribution is 2.18. The molecule has 8 heteroatoms. The third-order valence-electron chi connectivity index (χ3n) is 4.64. The first-order valence-electron chi connectivity index (χ1n) is 8.76. The van der Waals surface area contributed by atoms with Gasteiger partial charge in [-0.1, -0.05) is 0 Å². The molecule has 8 nitrogen and oxygen atoms in total. The zero-order valence-corrected chi connectivity index (χ0v) is 14.5. The summed E-state index contributed by atoms with van der Waals surface area (Å²) in [5, 5.41) is 11.8. The number of esters is 1. The number of nitrogens with one attached hydrogen (secondary N) is 1. The molecule has 3 heterocycles. The van der Waals surface area contributed by atoms with Crippen LogP contribution in [-0.4, -0.2) is 58.3 Å². The van der Waals surface area contributed by atoms with Gasteiger partial charge in [0.1, 0.15) is 5.82 Å². The smallest absolute Gasteiger partial charge is 0.310 e. The first kappa shape index (κ1) is 16.7. The fraction of sp³-hybridized carbons (Fsp3) is 0.750. The van der Waals surface area contributed by atoms with Crippen molar-refractivity contribution in [1.29, 1.82) is 0 Å². The summed E-state index contributed by atoms with van der Waals surface area (Å²) in [5.74, 6) is 2.65. The lowest BCUT2D eigenvalue weighted by atomic mass is 9.98. The summed E-state index contributed by atoms with van der Waals surface area (Å²) in [5.41, 5.74) is 0. The van der Waals surface area contributed by atoms with E-state index in [1.807, 2.05) is 6.92 Å². The monoisotopic (exact) mass is 334 g/mol. The van der Waals surface area contributed by atoms with Crippen LogP contribution in [-0.2, 0) is 29.0 Å². The number of nitrogens with zero attached hydrogens (tertiary/aromatic N) is 5. The molecule has 1 saturated heterocycles. The van der Waals surface area contributed by atoms with Crippen LogP contribution in [0.4, 0.5) is 0 Å². The van der Waals surface area contributed by atoms with Gasteiger partial charge in [-0.2, -0.15) is 0 Å². The van der Waals surface area contributed by atoms with Gasteiger partial charge in [0.15, 0.2) is 11.8 Å². The summed E-state index contributed by atoms with van der Waals surface area (Å²) in [6.45, 7) is 5.41. The Morgan fingerprint density at radius 2 is 2.25 bits per heavy atom. The molecular formula is C16H26N6O2. The molecule has 1 fully saturated rings. The van der Waals surface area contributed by atoms with Gasteiger partial charge in [-0.05, 0) is 26.2 Å². The van der Waals surface area contributed by atoms with E-state index in [0.29, 0.717) is 19.7 Å². The van der Waals surface area contributed by atoms with Crippen LogP contribution >= 0.6 is 0 Å². The predicted molar refractivity (Wildman–Crippen MR) is 89.5 cm³/mol. The Morgan fingerprint density at radius 3 is 3.04 bits per heavy atom. The molecule has 132 valence electrons. The maximum Gasteiger partial charge on any atom is 0.310 e. The van der Waals surface area contributed by atoms with Gasteiger partial charge in [0.25, 0.3) is 0 Å². The summed E-state index contributed by atoms with van der Waals surface area (Å²) in [4.78, 5) is 18.5. The molecule has 24 heavy (non-hydrogen) atoms. The third kappa shape index (κ3) is 3.52. The van der Waals surface area contributed by atoms with Crippen molar-refractivity contribution in [3.05, 3.63) is 11.6 Å². The number of ether oxygens (including phenoxy) is 1. The van der Waals surface area contributed by atoms with Crippen LogP contribution < -0.4 is 5.32 Å². The minimum Gasteiger partial charge on any atom is -0.466 e. The normalized spacial score (nSPS) is 20.8. The second kappa shape index (κ2) is 7.63. The number of fused-ring (bicyclic) bond motifs is 1. The van der Waals surface area contributed by atoms with Gasteiger partial charge >= 0.3 is 5.97 Å². The van der Waals surface area contributed by atoms with Gasteiger partial charge in [-0.25, -0.2) is 0 Å². The first-order valence-corrected chi connectivity index (χ1v) is 8.76. The molecule has 1 N–H and O–H groups in total. The molecule has 1 atom stereocenters. The molecule has 1 unspecified atom stereocenters. The molecule has 1 aromatic heterocycles. The minimum absolute atomic E-state index is 0.0745. The molecular weight excluding hydrogens is 308 g/mol. The van der Waals surface area contributed by atoms with Gasteiger partial charge in [0.2, 0.25) is 0 Å². The maximum absolute atomic E-state index is 12.0. The largest absolute Gasteiger partial charge is 0.466 e. The maximum atomic E-state index is 12.0. The number of hydrogen-bond donors (Lipinski definition) is 1. The van der Waals surface area contributed by atoms with E-state index in [-0.39, 0.29) is 11.9 Å². The van der Waals surface area contributed by atoms with Gasteiger partial charge < -0.3 is 19.5 Å². The fourth-order valence-electron chi connectivity index (χ4n) is 3.45. The minimum atomic E-state index is -0.104. The van der Waals surface area contributed by atoms with E-state index < -0.39 is 0 Å². The summed E-state index contributed by atoms with van der Waals surface area (Å²) < 4.78 is 7.34. The molecule has 0 aromatic carbocycles. The topological polar surface area (TPSA) is 84.6 Å². The lowest BCUT2D eigenvalue weighted by Crippen LogP contribution is -2.48. The first-order chi connectivity index (χ1) is 11.7. The highest BCUT2D eigenvalue weighted by atomic mass is 16.5. The zero-order valence-electron chi connectivity index (χ0n) is 14.5. The van der Waals surface area contributed by atoms with Gasteiger partial charge in [0, 0.05) is 33.1 Å². The van der Waals surface area contributed by atoms with E-state index in [9.17, 15) is 4.79 Å². The Morgan fingerprint density at radius 1 is 1.38 bits per heavy atom. The number of carbonyl (C=O) groups is 1. The number of carbonyl (C=O) groups excluding carboxylic acids is 1. The van der Waals surface area contributed by atoms with Crippen molar-refractivity contribution in [3.63, 3.8) is 0 Å². The molecule has 1 aromatic rings. The summed E-state index contributed by atoms with van der Waals surface area (Å²) in [6.07, 6.45) is 3.99. The number of guanidine groups is 1. The Labute approximate surface area is 142 Å². The Hall–Kier alpha value is -2.12. The Kier molecular flexibility index (Phi) is 5.32. The molecule has 3 rings (SSSR count). The molecule has 0 saturated carbocycles. The number of aromatic nitrogens is 3. The van der Waals surface area contributed by atoms with Crippen LogP contribution in [0.25, 0.3) is 0 Å². The van der Waals surface area contributed by atoms with Crippen molar-refractivity contribution in [3.8, 4) is 0 Å². The molecule has 0 amide bonds. The zero-order chi connectivity index (χ0) is 16.9. The number of hydrogen-bond acceptors (Lipinski definition) is 5. The van der Waals surface area contributed by atoms with Crippen molar-refractivity contribution in [1.82, 2.24) is 25.0 Å². The van der Waals surface area contributed by atoms with Crippen LogP contribution in [0.15, 0.2) is 4.99 Å². The highest BCUT2D eigenvalue weighted by molar-refractivity contribution is 5.81. The SMILES string of the molecule is CCOC(=O)C1CCCN(C(=NC)NCc2nnc3n2CCC3)C1. The molecule has 0 bridgehead atoms. The summed E-state index contributed by atoms with van der Waals surface area (Å²) in [6, 6.07) is 0. The Bertz CT molecular complexity index is 612. The number of likely N-dealkylation sites (tertiary alicyclic amines) is 1. The van der Waals surface area contributed by atoms with E-state index in [4.69, 9.17) is 4.74 Å². The van der Waals surface area contributed by atoms with E-state index in [0.717, 1.165) is 56.4 Å². The van der Waals surface area contributed by atoms with E-state index in [1.165, 1.54) is 0 Å². The van der Waals surface area contributed by atoms with Gasteiger partial charge in [-0.15, -0.1) is 10.2 Å². The summed E-state index contributed by atoms with van der Waals surface area (Å²) >= 11 is 0. The van der Waals surface area contributed by atoms with Crippen LogP contribution in [0, 0.1) is 5.92 Å². The second-order valence-corrected chi connectivity index (χ2v) is 6.23. The standard InChI is InChI=1S/C16H26N6O2/c1-3-24-15(23)12-6-4-8-21(11-12)16(17-2)18-10-14-20-19-13-7-5-9-22(13)14/h12H,3-11H2,1-2H3,(H,17,18). The van der Waals surface area contributed by atoms with Gasteiger partial charge in [-0.3, -0.25) is 9.79 Å². The quantitative estimate of drug-likeness (QED) is 0.492. The number of rotatable bonds is 4. The van der Waals surface area contributed by atoms with Gasteiger partial charge in [0.05, 0.1) is 19.1 Å². The number of aryl methyl sites for hydroxylation is 1. The van der Waals surface area contributed by atoms with E-state index in [1.54, 1.807) is 7.05 Å². The van der Waals surface area contributed by atoms with Crippen LogP contribution in [0.3, 0.4) is 0 Å². The average Bonchev–Trinajstić information content (AvgIpc) is 3.20. The lowest BCUT2D eigenvalue weighted by molar-refractivity contribution is -0.149. The molecule has 0 aliphatic carbocycles. The summed E-state index contributed by atoms with van der Waals surface area (Å²) in [7, 11) is 1.77. The van der Waals surface area contributed by atoms with E-state index >= 15 is 0 Å². The van der Waals surface area contributed by atoms with Crippen molar-refractivity contribution in [2.45, 2.75) is 45.7 Å². The number of aliphatic imine (C=N–C) groups is 1. The fourth-order valence-corrected chi connectivity index (χ4v) is 3.45. The highest BCUT2D eigenvalue weighted by Gasteiger charge is 2.28. The molecule has 2 aliphatic heterocycles. The van der Waals surface area contributed by atoms with Crippen molar-refractivity contribution < 1.29 is 9.53 Å². The van der Waals surface area contributed by atoms with Crippen LogP contribution in [0.2, 0.25) is 0 Å². The van der Waals surface area contributed by atoms with Crippen LogP contribution in [0.5, 0.6) is 0 Å². The third-order valence-corrected chi connectivity index (χ3v) is 4.64. The molecule has 0 spiro atoms. The average molecular weight is 334 g/mol. The predicted octanol–water partition coefficient (Wildman–Crippen LogP) is 0.575. The van der Waals surface area contributed by atoms with Crippen molar-refractivity contribution in [2.24, 2.45) is 10.9 Å². The Balaban J connectivity index is 1.58. The second-order valence-electron chi connectivity index (χ2n) is 6.23. The van der Waals surface area contributed by atoms with E-state index in [2.05, 4.69) is 30.0 Å².